The molecule has 1 aliphatic heterocycles. The molecule has 2 unspecified atom stereocenters. The number of nitrogens with one attached hydrogen (secondary N) is 1. The minimum Gasteiger partial charge on any atom is -0.347 e. The molecule has 2 atom stereocenters. The van der Waals surface area contributed by atoms with Crippen molar-refractivity contribution in [2.24, 2.45) is 0 Å². The maximum Gasteiger partial charge on any atom is 0.240 e. The Labute approximate surface area is 126 Å². The quantitative estimate of drug-likeness (QED) is 0.900. The van der Waals surface area contributed by atoms with Crippen molar-refractivity contribution in [3.8, 4) is 6.07 Å². The second kappa shape index (κ2) is 6.70. The summed E-state index contributed by atoms with van der Waals surface area (Å²) in [6.45, 7) is 4.52. The van der Waals surface area contributed by atoms with Crippen molar-refractivity contribution in [1.82, 2.24) is 15.1 Å². The predicted molar refractivity (Wildman–Crippen MR) is 81.6 cm³/mol. The highest BCUT2D eigenvalue weighted by Gasteiger charge is 2.33. The van der Waals surface area contributed by atoms with Gasteiger partial charge >= 0.3 is 0 Å². The number of hydrogen-bond acceptors (Lipinski definition) is 4. The highest BCUT2D eigenvalue weighted by Crippen LogP contribution is 2.24. The van der Waals surface area contributed by atoms with Gasteiger partial charge in [0.2, 0.25) is 5.91 Å². The molecule has 0 radical (unpaired) electrons. The van der Waals surface area contributed by atoms with Crippen molar-refractivity contribution in [3.63, 3.8) is 0 Å². The number of carbonyl (C=O) groups excluding carboxylic acids is 1. The van der Waals surface area contributed by atoms with Crippen molar-refractivity contribution in [3.05, 3.63) is 35.4 Å². The van der Waals surface area contributed by atoms with Crippen molar-refractivity contribution in [2.45, 2.75) is 19.0 Å². The van der Waals surface area contributed by atoms with Crippen LogP contribution >= 0.6 is 0 Å². The molecule has 21 heavy (non-hydrogen) atoms. The number of nitriles is 1. The van der Waals surface area contributed by atoms with Crippen LogP contribution in [0, 0.1) is 11.3 Å². The number of piperazine rings is 1. The molecule has 1 fully saturated rings. The molecule has 5 heteroatoms. The van der Waals surface area contributed by atoms with Gasteiger partial charge in [-0.15, -0.1) is 0 Å². The molecule has 0 saturated carbocycles. The van der Waals surface area contributed by atoms with E-state index in [1.807, 2.05) is 24.3 Å². The SMILES string of the molecule is CC(c1ccc(C#N)cc1)N1CCNCC1C(=O)N(C)C. The fourth-order valence-corrected chi connectivity index (χ4v) is 2.74. The van der Waals surface area contributed by atoms with E-state index in [2.05, 4.69) is 23.2 Å². The Morgan fingerprint density at radius 3 is 2.67 bits per heavy atom. The van der Waals surface area contributed by atoms with Crippen molar-refractivity contribution in [1.29, 1.82) is 5.26 Å². The van der Waals surface area contributed by atoms with Crippen LogP contribution in [0.5, 0.6) is 0 Å². The molecule has 0 spiro atoms. The van der Waals surface area contributed by atoms with Crippen molar-refractivity contribution < 1.29 is 4.79 Å². The fourth-order valence-electron chi connectivity index (χ4n) is 2.74. The second-order valence-electron chi connectivity index (χ2n) is 5.60. The van der Waals surface area contributed by atoms with Gasteiger partial charge in [-0.25, -0.2) is 0 Å². The number of benzene rings is 1. The molecule has 5 nitrogen and oxygen atoms in total. The molecular weight excluding hydrogens is 264 g/mol. The summed E-state index contributed by atoms with van der Waals surface area (Å²) in [7, 11) is 3.59. The van der Waals surface area contributed by atoms with E-state index in [1.54, 1.807) is 19.0 Å². The van der Waals surface area contributed by atoms with Gasteiger partial charge in [-0.3, -0.25) is 9.69 Å². The minimum absolute atomic E-state index is 0.127. The zero-order valence-electron chi connectivity index (χ0n) is 12.8. The van der Waals surface area contributed by atoms with Crippen LogP contribution in [-0.2, 0) is 4.79 Å². The largest absolute Gasteiger partial charge is 0.347 e. The number of hydrogen-bond donors (Lipinski definition) is 1. The lowest BCUT2D eigenvalue weighted by atomic mass is 10.0. The first kappa shape index (κ1) is 15.5. The lowest BCUT2D eigenvalue weighted by molar-refractivity contribution is -0.136. The molecule has 1 aromatic carbocycles. The van der Waals surface area contributed by atoms with Gasteiger partial charge < -0.3 is 10.2 Å². The normalized spacial score (nSPS) is 20.6. The molecule has 1 saturated heterocycles. The summed E-state index contributed by atoms with van der Waals surface area (Å²) in [5.41, 5.74) is 1.79. The van der Waals surface area contributed by atoms with Crippen LogP contribution in [0.3, 0.4) is 0 Å². The minimum atomic E-state index is -0.139. The molecule has 0 aliphatic carbocycles. The van der Waals surface area contributed by atoms with Gasteiger partial charge in [0.05, 0.1) is 11.6 Å². The van der Waals surface area contributed by atoms with E-state index in [0.29, 0.717) is 12.1 Å². The maximum atomic E-state index is 12.3. The molecule has 112 valence electrons. The number of rotatable bonds is 3. The summed E-state index contributed by atoms with van der Waals surface area (Å²) < 4.78 is 0. The predicted octanol–water partition coefficient (Wildman–Crippen LogP) is 0.981. The molecular formula is C16H22N4O. The molecule has 1 aliphatic rings. The third kappa shape index (κ3) is 3.41. The van der Waals surface area contributed by atoms with Crippen molar-refractivity contribution in [2.75, 3.05) is 33.7 Å². The molecule has 1 N–H and O–H groups in total. The van der Waals surface area contributed by atoms with E-state index >= 15 is 0 Å². The molecule has 2 rings (SSSR count). The monoisotopic (exact) mass is 286 g/mol. The molecule has 1 aromatic rings. The Hall–Kier alpha value is -1.90. The van der Waals surface area contributed by atoms with Crippen LogP contribution in [0.2, 0.25) is 0 Å². The van der Waals surface area contributed by atoms with E-state index in [1.165, 1.54) is 0 Å². The summed E-state index contributed by atoms with van der Waals surface area (Å²) in [6.07, 6.45) is 0. The topological polar surface area (TPSA) is 59.4 Å². The van der Waals surface area contributed by atoms with Gasteiger partial charge in [-0.2, -0.15) is 5.26 Å². The molecule has 0 aromatic heterocycles. The van der Waals surface area contributed by atoms with Crippen LogP contribution in [0.15, 0.2) is 24.3 Å². The van der Waals surface area contributed by atoms with Gasteiger partial charge in [-0.1, -0.05) is 12.1 Å². The Bertz CT molecular complexity index is 532. The standard InChI is InChI=1S/C16H22N4O/c1-12(14-6-4-13(10-17)5-7-14)20-9-8-18-11-15(20)16(21)19(2)3/h4-7,12,15,18H,8-9,11H2,1-3H3. The average molecular weight is 286 g/mol. The zero-order chi connectivity index (χ0) is 15.4. The molecule has 1 heterocycles. The maximum absolute atomic E-state index is 12.3. The number of carbonyl (C=O) groups is 1. The number of amides is 1. The Kier molecular flexibility index (Phi) is 4.94. The number of nitrogens with zero attached hydrogens (tertiary/aromatic N) is 3. The highest BCUT2D eigenvalue weighted by molar-refractivity contribution is 5.81. The average Bonchev–Trinajstić information content (AvgIpc) is 2.53. The summed E-state index contributed by atoms with van der Waals surface area (Å²) in [5, 5.41) is 12.2. The van der Waals surface area contributed by atoms with Crippen LogP contribution in [0.4, 0.5) is 0 Å². The Morgan fingerprint density at radius 1 is 1.43 bits per heavy atom. The Balaban J connectivity index is 2.19. The lowest BCUT2D eigenvalue weighted by Crippen LogP contribution is -2.58. The van der Waals surface area contributed by atoms with E-state index in [9.17, 15) is 4.79 Å². The van der Waals surface area contributed by atoms with Gasteiger partial charge in [0.25, 0.3) is 0 Å². The first-order chi connectivity index (χ1) is 10.0. The third-order valence-corrected chi connectivity index (χ3v) is 4.03. The zero-order valence-corrected chi connectivity index (χ0v) is 12.8. The van der Waals surface area contributed by atoms with E-state index < -0.39 is 0 Å². The van der Waals surface area contributed by atoms with E-state index in [-0.39, 0.29) is 18.0 Å². The van der Waals surface area contributed by atoms with Crippen LogP contribution in [0.25, 0.3) is 0 Å². The summed E-state index contributed by atoms with van der Waals surface area (Å²) >= 11 is 0. The molecule has 1 amide bonds. The summed E-state index contributed by atoms with van der Waals surface area (Å²) in [5.74, 6) is 0.127. The summed E-state index contributed by atoms with van der Waals surface area (Å²) in [4.78, 5) is 16.2. The number of likely N-dealkylation sites (N-methyl/N-ethyl adjacent to an activating group) is 1. The first-order valence-electron chi connectivity index (χ1n) is 7.22. The summed E-state index contributed by atoms with van der Waals surface area (Å²) in [6, 6.07) is 9.75. The van der Waals surface area contributed by atoms with Crippen LogP contribution < -0.4 is 5.32 Å². The second-order valence-corrected chi connectivity index (χ2v) is 5.60. The smallest absolute Gasteiger partial charge is 0.240 e. The van der Waals surface area contributed by atoms with Crippen molar-refractivity contribution >= 4 is 5.91 Å². The van der Waals surface area contributed by atoms with Crippen LogP contribution in [-0.4, -0.2) is 55.5 Å². The van der Waals surface area contributed by atoms with Gasteiger partial charge in [0.1, 0.15) is 6.04 Å². The van der Waals surface area contributed by atoms with Gasteiger partial charge in [0, 0.05) is 39.8 Å². The Morgan fingerprint density at radius 2 is 2.10 bits per heavy atom. The third-order valence-electron chi connectivity index (χ3n) is 4.03. The lowest BCUT2D eigenvalue weighted by Gasteiger charge is -2.40. The van der Waals surface area contributed by atoms with Gasteiger partial charge in [-0.05, 0) is 24.6 Å². The fraction of sp³-hybridized carbons (Fsp3) is 0.500. The van der Waals surface area contributed by atoms with Crippen LogP contribution in [0.1, 0.15) is 24.1 Å². The molecule has 0 bridgehead atoms. The van der Waals surface area contributed by atoms with E-state index in [0.717, 1.165) is 18.7 Å². The highest BCUT2D eigenvalue weighted by atomic mass is 16.2. The van der Waals surface area contributed by atoms with E-state index in [4.69, 9.17) is 5.26 Å². The first-order valence-corrected chi connectivity index (χ1v) is 7.22. The van der Waals surface area contributed by atoms with Gasteiger partial charge in [0.15, 0.2) is 0 Å².